The van der Waals surface area contributed by atoms with E-state index in [2.05, 4.69) is 29.6 Å². The van der Waals surface area contributed by atoms with Crippen LogP contribution in [0.2, 0.25) is 5.02 Å². The molecule has 110 valence electrons. The number of rotatable bonds is 4. The van der Waals surface area contributed by atoms with Crippen LogP contribution in [0, 0.1) is 0 Å². The summed E-state index contributed by atoms with van der Waals surface area (Å²) in [5.74, 6) is 0.922. The summed E-state index contributed by atoms with van der Waals surface area (Å²) in [6.07, 6.45) is 1.07. The number of benzene rings is 2. The second kappa shape index (κ2) is 6.30. The van der Waals surface area contributed by atoms with Crippen molar-refractivity contribution in [2.24, 2.45) is 0 Å². The van der Waals surface area contributed by atoms with Crippen LogP contribution in [-0.2, 0) is 6.42 Å². The van der Waals surface area contributed by atoms with Gasteiger partial charge in [-0.2, -0.15) is 0 Å². The Morgan fingerprint density at radius 1 is 1.19 bits per heavy atom. The van der Waals surface area contributed by atoms with Crippen molar-refractivity contribution in [2.45, 2.75) is 22.6 Å². The van der Waals surface area contributed by atoms with Gasteiger partial charge in [0, 0.05) is 21.2 Å². The molecular weight excluding hydrogens is 302 g/mol. The van der Waals surface area contributed by atoms with Crippen molar-refractivity contribution in [3.8, 4) is 5.75 Å². The van der Waals surface area contributed by atoms with Gasteiger partial charge in [0.1, 0.15) is 5.75 Å². The molecule has 1 N–H and O–H groups in total. The Morgan fingerprint density at radius 3 is 2.62 bits per heavy atom. The molecule has 21 heavy (non-hydrogen) atoms. The number of halogens is 1. The molecule has 1 aliphatic rings. The van der Waals surface area contributed by atoms with Gasteiger partial charge in [-0.25, -0.2) is 0 Å². The van der Waals surface area contributed by atoms with Crippen LogP contribution in [0.1, 0.15) is 17.2 Å². The van der Waals surface area contributed by atoms with Gasteiger partial charge in [0.05, 0.1) is 7.11 Å². The minimum Gasteiger partial charge on any atom is -0.497 e. The summed E-state index contributed by atoms with van der Waals surface area (Å²) in [5, 5.41) is 4.72. The van der Waals surface area contributed by atoms with Crippen LogP contribution < -0.4 is 10.1 Å². The molecule has 2 aromatic carbocycles. The average Bonchev–Trinajstić information content (AvgIpc) is 2.85. The summed E-state index contributed by atoms with van der Waals surface area (Å²) in [7, 11) is 3.74. The van der Waals surface area contributed by atoms with E-state index in [1.54, 1.807) is 7.11 Å². The molecule has 0 saturated carbocycles. The number of hydrogen-bond donors (Lipinski definition) is 1. The molecule has 0 heterocycles. The molecule has 0 radical (unpaired) electrons. The second-order valence-corrected chi connectivity index (χ2v) is 6.89. The molecule has 2 atom stereocenters. The zero-order valence-electron chi connectivity index (χ0n) is 12.1. The molecule has 2 nitrogen and oxygen atoms in total. The van der Waals surface area contributed by atoms with E-state index in [4.69, 9.17) is 16.3 Å². The predicted octanol–water partition coefficient (Wildman–Crippen LogP) is 4.33. The van der Waals surface area contributed by atoms with Crippen molar-refractivity contribution in [3.63, 3.8) is 0 Å². The number of thioether (sulfide) groups is 1. The molecule has 0 bridgehead atoms. The van der Waals surface area contributed by atoms with Gasteiger partial charge in [0.2, 0.25) is 0 Å². The van der Waals surface area contributed by atoms with Gasteiger partial charge in [-0.3, -0.25) is 0 Å². The predicted molar refractivity (Wildman–Crippen MR) is 89.6 cm³/mol. The third kappa shape index (κ3) is 3.05. The highest BCUT2D eigenvalue weighted by molar-refractivity contribution is 8.00. The van der Waals surface area contributed by atoms with Gasteiger partial charge in [-0.1, -0.05) is 17.7 Å². The summed E-state index contributed by atoms with van der Waals surface area (Å²) in [6, 6.07) is 14.8. The third-order valence-corrected chi connectivity index (χ3v) is 5.43. The topological polar surface area (TPSA) is 21.3 Å². The van der Waals surface area contributed by atoms with Gasteiger partial charge in [-0.15, -0.1) is 11.8 Å². The van der Waals surface area contributed by atoms with E-state index >= 15 is 0 Å². The molecule has 4 heteroatoms. The van der Waals surface area contributed by atoms with Gasteiger partial charge >= 0.3 is 0 Å². The molecule has 0 amide bonds. The quantitative estimate of drug-likeness (QED) is 0.906. The molecule has 0 aromatic heterocycles. The zero-order valence-corrected chi connectivity index (χ0v) is 13.7. The number of ether oxygens (including phenoxy) is 1. The molecule has 2 aromatic rings. The van der Waals surface area contributed by atoms with E-state index in [0.717, 1.165) is 17.2 Å². The van der Waals surface area contributed by atoms with Crippen molar-refractivity contribution in [2.75, 3.05) is 14.2 Å². The van der Waals surface area contributed by atoms with E-state index in [1.807, 2.05) is 37.0 Å². The van der Waals surface area contributed by atoms with Crippen molar-refractivity contribution in [1.82, 2.24) is 5.32 Å². The monoisotopic (exact) mass is 319 g/mol. The number of hydrogen-bond acceptors (Lipinski definition) is 3. The molecule has 2 unspecified atom stereocenters. The maximum atomic E-state index is 5.96. The number of fused-ring (bicyclic) bond motifs is 1. The smallest absolute Gasteiger partial charge is 0.119 e. The first-order valence-corrected chi connectivity index (χ1v) is 8.23. The van der Waals surface area contributed by atoms with Crippen LogP contribution in [0.3, 0.4) is 0 Å². The highest BCUT2D eigenvalue weighted by Gasteiger charge is 2.32. The summed E-state index contributed by atoms with van der Waals surface area (Å²) in [5.41, 5.74) is 2.75. The lowest BCUT2D eigenvalue weighted by Crippen LogP contribution is -2.23. The van der Waals surface area contributed by atoms with Crippen molar-refractivity contribution in [3.05, 3.63) is 58.6 Å². The Morgan fingerprint density at radius 2 is 1.95 bits per heavy atom. The standard InChI is InChI=1S/C17H18ClNOS/c1-19-17-15-10-13(20-2)6-3-11(15)9-16(17)21-14-7-4-12(18)5-8-14/h3-8,10,16-17,19H,9H2,1-2H3. The average molecular weight is 320 g/mol. The number of methoxy groups -OCH3 is 1. The molecule has 3 rings (SSSR count). The zero-order chi connectivity index (χ0) is 14.8. The lowest BCUT2D eigenvalue weighted by molar-refractivity contribution is 0.413. The first-order chi connectivity index (χ1) is 10.2. The van der Waals surface area contributed by atoms with Crippen molar-refractivity contribution < 1.29 is 4.74 Å². The fourth-order valence-corrected chi connectivity index (χ4v) is 4.30. The normalized spacial score (nSPS) is 20.3. The third-order valence-electron chi connectivity index (χ3n) is 3.89. The summed E-state index contributed by atoms with van der Waals surface area (Å²) in [4.78, 5) is 1.25. The van der Waals surface area contributed by atoms with Crippen LogP contribution in [0.4, 0.5) is 0 Å². The van der Waals surface area contributed by atoms with Crippen LogP contribution in [0.5, 0.6) is 5.75 Å². The first kappa shape index (κ1) is 14.8. The highest BCUT2D eigenvalue weighted by Crippen LogP contribution is 2.42. The van der Waals surface area contributed by atoms with Gasteiger partial charge < -0.3 is 10.1 Å². The van der Waals surface area contributed by atoms with Gasteiger partial charge in [-0.05, 0) is 61.0 Å². The van der Waals surface area contributed by atoms with E-state index in [0.29, 0.717) is 11.3 Å². The maximum absolute atomic E-state index is 5.96. The van der Waals surface area contributed by atoms with Gasteiger partial charge in [0.25, 0.3) is 0 Å². The lowest BCUT2D eigenvalue weighted by Gasteiger charge is -2.19. The Kier molecular flexibility index (Phi) is 4.43. The Bertz CT molecular complexity index is 629. The van der Waals surface area contributed by atoms with Crippen LogP contribution in [0.15, 0.2) is 47.4 Å². The van der Waals surface area contributed by atoms with Crippen LogP contribution in [0.25, 0.3) is 0 Å². The number of nitrogens with one attached hydrogen (secondary N) is 1. The van der Waals surface area contributed by atoms with Crippen LogP contribution in [-0.4, -0.2) is 19.4 Å². The Hall–Kier alpha value is -1.16. The Labute approximate surface area is 134 Å². The van der Waals surface area contributed by atoms with E-state index < -0.39 is 0 Å². The fraction of sp³-hybridized carbons (Fsp3) is 0.294. The van der Waals surface area contributed by atoms with Gasteiger partial charge in [0.15, 0.2) is 0 Å². The van der Waals surface area contributed by atoms with Crippen molar-refractivity contribution >= 4 is 23.4 Å². The van der Waals surface area contributed by atoms with E-state index in [9.17, 15) is 0 Å². The summed E-state index contributed by atoms with van der Waals surface area (Å²) >= 11 is 7.86. The largest absolute Gasteiger partial charge is 0.497 e. The lowest BCUT2D eigenvalue weighted by atomic mass is 10.1. The SMILES string of the molecule is CNC1c2cc(OC)ccc2CC1Sc1ccc(Cl)cc1. The fourth-order valence-electron chi connectivity index (χ4n) is 2.85. The molecule has 1 aliphatic carbocycles. The van der Waals surface area contributed by atoms with Crippen molar-refractivity contribution in [1.29, 1.82) is 0 Å². The second-order valence-electron chi connectivity index (χ2n) is 5.15. The van der Waals surface area contributed by atoms with E-state index in [1.165, 1.54) is 16.0 Å². The van der Waals surface area contributed by atoms with E-state index in [-0.39, 0.29) is 0 Å². The first-order valence-electron chi connectivity index (χ1n) is 6.97. The maximum Gasteiger partial charge on any atom is 0.119 e. The molecule has 0 spiro atoms. The minimum absolute atomic E-state index is 0.343. The molecule has 0 fully saturated rings. The summed E-state index contributed by atoms with van der Waals surface area (Å²) in [6.45, 7) is 0. The Balaban J connectivity index is 1.83. The molecule has 0 saturated heterocycles. The highest BCUT2D eigenvalue weighted by atomic mass is 35.5. The minimum atomic E-state index is 0.343. The summed E-state index contributed by atoms with van der Waals surface area (Å²) < 4.78 is 5.35. The van der Waals surface area contributed by atoms with Crippen LogP contribution >= 0.6 is 23.4 Å². The molecular formula is C17H18ClNOS. The molecule has 0 aliphatic heterocycles.